The van der Waals surface area contributed by atoms with E-state index in [-0.39, 0.29) is 22.6 Å². The van der Waals surface area contributed by atoms with Crippen LogP contribution in [0.2, 0.25) is 0 Å². The summed E-state index contributed by atoms with van der Waals surface area (Å²) < 4.78 is 5.63. The first-order valence-electron chi connectivity index (χ1n) is 5.44. The molecular weight excluding hydrogens is 321 g/mol. The number of carbonyl (C=O) groups excluding carboxylic acids is 1. The third-order valence-corrected chi connectivity index (χ3v) is 3.13. The first-order valence-corrected chi connectivity index (χ1v) is 6.67. The number of phenols is 1. The van der Waals surface area contributed by atoms with Gasteiger partial charge in [0.05, 0.1) is 17.5 Å². The maximum Gasteiger partial charge on any atom is 0.255 e. The van der Waals surface area contributed by atoms with Crippen molar-refractivity contribution in [1.82, 2.24) is 5.32 Å². The molecule has 0 fully saturated rings. The number of aromatic hydroxyl groups is 1. The third kappa shape index (κ3) is 4.84. The minimum absolute atomic E-state index is 0.0463. The standard InChI is InChI=1S/C12H15BrClNO3/c1-18-7-9(14)4-5-15-12(17)10-6-8(13)2-3-11(10)16/h2-3,6,9,16H,4-5,7H2,1H3,(H,15,17). The highest BCUT2D eigenvalue weighted by molar-refractivity contribution is 9.10. The molecule has 0 spiro atoms. The van der Waals surface area contributed by atoms with Crippen LogP contribution in [0.25, 0.3) is 0 Å². The lowest BCUT2D eigenvalue weighted by molar-refractivity contribution is 0.0949. The quantitative estimate of drug-likeness (QED) is 0.785. The van der Waals surface area contributed by atoms with E-state index in [0.717, 1.165) is 4.47 Å². The molecule has 1 amide bonds. The monoisotopic (exact) mass is 335 g/mol. The summed E-state index contributed by atoms with van der Waals surface area (Å²) >= 11 is 9.18. The Hall–Kier alpha value is -0.780. The van der Waals surface area contributed by atoms with Crippen molar-refractivity contribution in [2.75, 3.05) is 20.3 Å². The number of alkyl halides is 1. The average molecular weight is 337 g/mol. The third-order valence-electron chi connectivity index (χ3n) is 2.29. The Morgan fingerprint density at radius 3 is 3.00 bits per heavy atom. The zero-order chi connectivity index (χ0) is 13.5. The molecular formula is C12H15BrClNO3. The number of hydrogen-bond donors (Lipinski definition) is 2. The van der Waals surface area contributed by atoms with Crippen LogP contribution >= 0.6 is 27.5 Å². The molecule has 100 valence electrons. The van der Waals surface area contributed by atoms with Gasteiger partial charge in [0.25, 0.3) is 5.91 Å². The Labute approximate surface area is 119 Å². The van der Waals surface area contributed by atoms with Crippen molar-refractivity contribution < 1.29 is 14.6 Å². The lowest BCUT2D eigenvalue weighted by Crippen LogP contribution is -2.27. The van der Waals surface area contributed by atoms with E-state index < -0.39 is 0 Å². The first kappa shape index (κ1) is 15.3. The Balaban J connectivity index is 2.48. The summed E-state index contributed by atoms with van der Waals surface area (Å²) in [7, 11) is 1.58. The van der Waals surface area contributed by atoms with Crippen LogP contribution in [-0.4, -0.2) is 36.7 Å². The molecule has 0 heterocycles. The zero-order valence-corrected chi connectivity index (χ0v) is 12.3. The van der Waals surface area contributed by atoms with Crippen molar-refractivity contribution in [3.05, 3.63) is 28.2 Å². The van der Waals surface area contributed by atoms with Gasteiger partial charge in [0, 0.05) is 18.1 Å². The molecule has 2 N–H and O–H groups in total. The largest absolute Gasteiger partial charge is 0.507 e. The van der Waals surface area contributed by atoms with Gasteiger partial charge in [-0.3, -0.25) is 4.79 Å². The van der Waals surface area contributed by atoms with E-state index in [9.17, 15) is 9.90 Å². The molecule has 0 saturated carbocycles. The van der Waals surface area contributed by atoms with Crippen molar-refractivity contribution in [2.45, 2.75) is 11.8 Å². The number of hydrogen-bond acceptors (Lipinski definition) is 3. The normalized spacial score (nSPS) is 12.2. The van der Waals surface area contributed by atoms with Crippen LogP contribution in [0.15, 0.2) is 22.7 Å². The Kier molecular flexibility index (Phi) is 6.46. The molecule has 1 rings (SSSR count). The van der Waals surface area contributed by atoms with Crippen molar-refractivity contribution in [3.63, 3.8) is 0 Å². The number of rotatable bonds is 6. The molecule has 1 aromatic rings. The topological polar surface area (TPSA) is 58.6 Å². The number of methoxy groups -OCH3 is 1. The SMILES string of the molecule is COCC(Cl)CCNC(=O)c1cc(Br)ccc1O. The molecule has 0 saturated heterocycles. The smallest absolute Gasteiger partial charge is 0.255 e. The second kappa shape index (κ2) is 7.61. The van der Waals surface area contributed by atoms with Gasteiger partial charge in [-0.1, -0.05) is 15.9 Å². The fourth-order valence-corrected chi connectivity index (χ4v) is 1.99. The van der Waals surface area contributed by atoms with Crippen molar-refractivity contribution in [2.24, 2.45) is 0 Å². The van der Waals surface area contributed by atoms with Gasteiger partial charge in [0.15, 0.2) is 0 Å². The number of benzene rings is 1. The van der Waals surface area contributed by atoms with Gasteiger partial charge in [-0.05, 0) is 24.6 Å². The van der Waals surface area contributed by atoms with Crippen molar-refractivity contribution in [1.29, 1.82) is 0 Å². The minimum Gasteiger partial charge on any atom is -0.507 e. The predicted molar refractivity (Wildman–Crippen MR) is 74.3 cm³/mol. The number of ether oxygens (including phenoxy) is 1. The molecule has 6 heteroatoms. The van der Waals surface area contributed by atoms with Crippen LogP contribution < -0.4 is 5.32 Å². The van der Waals surface area contributed by atoms with Crippen molar-refractivity contribution >= 4 is 33.4 Å². The van der Waals surface area contributed by atoms with E-state index >= 15 is 0 Å². The summed E-state index contributed by atoms with van der Waals surface area (Å²) in [5, 5.41) is 12.1. The fourth-order valence-electron chi connectivity index (χ4n) is 1.39. The van der Waals surface area contributed by atoms with Crippen LogP contribution in [0, 0.1) is 0 Å². The van der Waals surface area contributed by atoms with E-state index in [2.05, 4.69) is 21.2 Å². The van der Waals surface area contributed by atoms with Gasteiger partial charge >= 0.3 is 0 Å². The van der Waals surface area contributed by atoms with Crippen LogP contribution in [0.1, 0.15) is 16.8 Å². The van der Waals surface area contributed by atoms with Gasteiger partial charge in [-0.2, -0.15) is 0 Å². The summed E-state index contributed by atoms with van der Waals surface area (Å²) in [6.07, 6.45) is 0.607. The highest BCUT2D eigenvalue weighted by Gasteiger charge is 2.12. The molecule has 0 aromatic heterocycles. The molecule has 0 bridgehead atoms. The molecule has 0 aliphatic rings. The molecule has 1 atom stereocenters. The van der Waals surface area contributed by atoms with Crippen LogP contribution in [-0.2, 0) is 4.74 Å². The molecule has 18 heavy (non-hydrogen) atoms. The first-order chi connectivity index (χ1) is 8.54. The van der Waals surface area contributed by atoms with E-state index in [0.29, 0.717) is 19.6 Å². The zero-order valence-electron chi connectivity index (χ0n) is 9.95. The fraction of sp³-hybridized carbons (Fsp3) is 0.417. The summed E-state index contributed by atoms with van der Waals surface area (Å²) in [5.41, 5.74) is 0.238. The van der Waals surface area contributed by atoms with E-state index in [1.54, 1.807) is 19.2 Å². The number of carbonyl (C=O) groups is 1. The Morgan fingerprint density at radius 2 is 2.33 bits per heavy atom. The number of nitrogens with one attached hydrogen (secondary N) is 1. The van der Waals surface area contributed by atoms with Gasteiger partial charge < -0.3 is 15.2 Å². The van der Waals surface area contributed by atoms with E-state index in [1.807, 2.05) is 0 Å². The number of phenolic OH excluding ortho intramolecular Hbond substituents is 1. The summed E-state index contributed by atoms with van der Waals surface area (Å²) in [4.78, 5) is 11.8. The Bertz CT molecular complexity index is 414. The molecule has 0 aliphatic carbocycles. The lowest BCUT2D eigenvalue weighted by atomic mass is 10.2. The number of amides is 1. The average Bonchev–Trinajstić information content (AvgIpc) is 2.32. The summed E-state index contributed by atoms with van der Waals surface area (Å²) in [5.74, 6) is -0.370. The molecule has 1 aromatic carbocycles. The highest BCUT2D eigenvalue weighted by Crippen LogP contribution is 2.21. The maximum absolute atomic E-state index is 11.8. The van der Waals surface area contributed by atoms with Gasteiger partial charge in [-0.15, -0.1) is 11.6 Å². The van der Waals surface area contributed by atoms with Crippen molar-refractivity contribution in [3.8, 4) is 5.75 Å². The molecule has 1 unspecified atom stereocenters. The van der Waals surface area contributed by atoms with E-state index in [1.165, 1.54) is 6.07 Å². The van der Waals surface area contributed by atoms with Crippen LogP contribution in [0.3, 0.4) is 0 Å². The van der Waals surface area contributed by atoms with E-state index in [4.69, 9.17) is 16.3 Å². The van der Waals surface area contributed by atoms with Crippen LogP contribution in [0.5, 0.6) is 5.75 Å². The van der Waals surface area contributed by atoms with Gasteiger partial charge in [0.1, 0.15) is 5.75 Å². The van der Waals surface area contributed by atoms with Crippen LogP contribution in [0.4, 0.5) is 0 Å². The van der Waals surface area contributed by atoms with Gasteiger partial charge in [-0.25, -0.2) is 0 Å². The molecule has 4 nitrogen and oxygen atoms in total. The summed E-state index contributed by atoms with van der Waals surface area (Å²) in [6.45, 7) is 0.877. The molecule has 0 aliphatic heterocycles. The Morgan fingerprint density at radius 1 is 1.61 bits per heavy atom. The second-order valence-corrected chi connectivity index (χ2v) is 5.29. The molecule has 0 radical (unpaired) electrons. The highest BCUT2D eigenvalue weighted by atomic mass is 79.9. The minimum atomic E-state index is -0.324. The second-order valence-electron chi connectivity index (χ2n) is 3.76. The predicted octanol–water partition coefficient (Wildman–Crippen LogP) is 2.53. The summed E-state index contributed by atoms with van der Waals surface area (Å²) in [6, 6.07) is 4.70. The lowest BCUT2D eigenvalue weighted by Gasteiger charge is -2.10. The van der Waals surface area contributed by atoms with Gasteiger partial charge in [0.2, 0.25) is 0 Å². The number of halogens is 2. The maximum atomic E-state index is 11.8.